The lowest BCUT2D eigenvalue weighted by atomic mass is 10.1. The Hall–Kier alpha value is -1.79. The zero-order valence-electron chi connectivity index (χ0n) is 11.1. The normalized spacial score (nSPS) is 12.5. The Morgan fingerprint density at radius 2 is 2.05 bits per heavy atom. The van der Waals surface area contributed by atoms with Gasteiger partial charge in [0.15, 0.2) is 5.15 Å². The van der Waals surface area contributed by atoms with Gasteiger partial charge in [-0.05, 0) is 46.6 Å². The topological polar surface area (TPSA) is 73.6 Å². The van der Waals surface area contributed by atoms with Crippen molar-refractivity contribution < 1.29 is 0 Å². The number of halogens is 2. The van der Waals surface area contributed by atoms with Gasteiger partial charge in [0.1, 0.15) is 0 Å². The summed E-state index contributed by atoms with van der Waals surface area (Å²) in [5.74, 6) is 0. The van der Waals surface area contributed by atoms with Crippen molar-refractivity contribution in [1.82, 2.24) is 15.0 Å². The van der Waals surface area contributed by atoms with E-state index in [9.17, 15) is 4.79 Å². The van der Waals surface area contributed by atoms with Crippen LogP contribution in [0.25, 0.3) is 11.0 Å². The molecule has 108 valence electrons. The largest absolute Gasteiger partial charge is 0.376 e. The quantitative estimate of drug-likeness (QED) is 0.616. The van der Waals surface area contributed by atoms with Crippen LogP contribution in [-0.4, -0.2) is 15.0 Å². The summed E-state index contributed by atoms with van der Waals surface area (Å²) < 4.78 is 0.854. The van der Waals surface area contributed by atoms with Crippen molar-refractivity contribution in [2.45, 2.75) is 13.0 Å². The van der Waals surface area contributed by atoms with E-state index < -0.39 is 0 Å². The number of hydrogen-bond donors (Lipinski definition) is 3. The van der Waals surface area contributed by atoms with Gasteiger partial charge in [-0.2, -0.15) is 0 Å². The average molecular weight is 368 g/mol. The zero-order valence-corrected chi connectivity index (χ0v) is 13.4. The summed E-state index contributed by atoms with van der Waals surface area (Å²) in [6, 6.07) is 7.67. The van der Waals surface area contributed by atoms with E-state index in [4.69, 9.17) is 11.6 Å². The van der Waals surface area contributed by atoms with Crippen LogP contribution >= 0.6 is 27.5 Å². The molecule has 2 aromatic heterocycles. The van der Waals surface area contributed by atoms with Crippen LogP contribution in [0.2, 0.25) is 5.15 Å². The van der Waals surface area contributed by atoms with Gasteiger partial charge in [0.05, 0.1) is 16.7 Å². The number of nitrogens with zero attached hydrogens (tertiary/aromatic N) is 1. The van der Waals surface area contributed by atoms with Gasteiger partial charge in [-0.3, -0.25) is 0 Å². The highest BCUT2D eigenvalue weighted by Gasteiger charge is 2.10. The molecule has 3 N–H and O–H groups in total. The molecule has 0 spiro atoms. The van der Waals surface area contributed by atoms with Gasteiger partial charge in [-0.1, -0.05) is 17.7 Å². The van der Waals surface area contributed by atoms with Crippen molar-refractivity contribution in [3.63, 3.8) is 0 Å². The van der Waals surface area contributed by atoms with Crippen molar-refractivity contribution in [3.05, 3.63) is 56.1 Å². The third-order valence-electron chi connectivity index (χ3n) is 3.22. The third-order valence-corrected chi connectivity index (χ3v) is 3.95. The van der Waals surface area contributed by atoms with Gasteiger partial charge < -0.3 is 15.3 Å². The highest BCUT2D eigenvalue weighted by molar-refractivity contribution is 9.10. The molecule has 0 aliphatic rings. The van der Waals surface area contributed by atoms with E-state index >= 15 is 0 Å². The van der Waals surface area contributed by atoms with Crippen LogP contribution in [-0.2, 0) is 0 Å². The molecule has 0 radical (unpaired) electrons. The van der Waals surface area contributed by atoms with Gasteiger partial charge in [-0.25, -0.2) is 9.78 Å². The number of anilines is 1. The zero-order chi connectivity index (χ0) is 15.0. The molecular weight excluding hydrogens is 356 g/mol. The van der Waals surface area contributed by atoms with Gasteiger partial charge >= 0.3 is 5.69 Å². The summed E-state index contributed by atoms with van der Waals surface area (Å²) in [6.45, 7) is 2.02. The van der Waals surface area contributed by atoms with Crippen molar-refractivity contribution in [2.24, 2.45) is 0 Å². The second kappa shape index (κ2) is 5.54. The molecule has 21 heavy (non-hydrogen) atoms. The predicted molar refractivity (Wildman–Crippen MR) is 87.9 cm³/mol. The Bertz CT molecular complexity index is 858. The average Bonchev–Trinajstić information content (AvgIpc) is 2.81. The number of imidazole rings is 1. The highest BCUT2D eigenvalue weighted by atomic mass is 79.9. The van der Waals surface area contributed by atoms with Crippen LogP contribution in [0.15, 0.2) is 39.7 Å². The van der Waals surface area contributed by atoms with E-state index in [0.717, 1.165) is 26.8 Å². The fourth-order valence-electron chi connectivity index (χ4n) is 2.16. The molecule has 0 bridgehead atoms. The minimum absolute atomic E-state index is 0.0152. The number of aromatic amines is 2. The minimum Gasteiger partial charge on any atom is -0.376 e. The molecule has 1 atom stereocenters. The van der Waals surface area contributed by atoms with Crippen LogP contribution < -0.4 is 11.0 Å². The first-order chi connectivity index (χ1) is 10.0. The molecule has 0 fully saturated rings. The maximum atomic E-state index is 11.3. The fourth-order valence-corrected chi connectivity index (χ4v) is 2.65. The maximum absolute atomic E-state index is 11.3. The molecule has 0 amide bonds. The molecule has 3 aromatic rings. The first-order valence-corrected chi connectivity index (χ1v) is 7.49. The van der Waals surface area contributed by atoms with E-state index in [0.29, 0.717) is 5.15 Å². The third kappa shape index (κ3) is 2.96. The lowest BCUT2D eigenvalue weighted by molar-refractivity contribution is 0.884. The number of fused-ring (bicyclic) bond motifs is 1. The number of rotatable bonds is 3. The van der Waals surface area contributed by atoms with Crippen molar-refractivity contribution >= 4 is 44.3 Å². The highest BCUT2D eigenvalue weighted by Crippen LogP contribution is 2.27. The number of pyridine rings is 1. The van der Waals surface area contributed by atoms with Crippen molar-refractivity contribution in [1.29, 1.82) is 0 Å². The fraction of sp³-hybridized carbons (Fsp3) is 0.143. The Morgan fingerprint density at radius 3 is 2.86 bits per heavy atom. The van der Waals surface area contributed by atoms with E-state index in [2.05, 4.69) is 36.2 Å². The summed E-state index contributed by atoms with van der Waals surface area (Å²) in [7, 11) is 0. The van der Waals surface area contributed by atoms with Crippen LogP contribution in [0, 0.1) is 0 Å². The molecule has 1 aromatic carbocycles. The lowest BCUT2D eigenvalue weighted by Gasteiger charge is -2.16. The van der Waals surface area contributed by atoms with Crippen molar-refractivity contribution in [3.8, 4) is 0 Å². The van der Waals surface area contributed by atoms with Gasteiger partial charge in [-0.15, -0.1) is 0 Å². The Morgan fingerprint density at radius 1 is 1.29 bits per heavy atom. The summed E-state index contributed by atoms with van der Waals surface area (Å²) in [4.78, 5) is 20.8. The van der Waals surface area contributed by atoms with Crippen LogP contribution in [0.4, 0.5) is 5.69 Å². The monoisotopic (exact) mass is 366 g/mol. The molecule has 5 nitrogen and oxygen atoms in total. The SMILES string of the molecule is CC(Nc1cc(Br)cnc1Cl)c1ccc2[nH]c(=O)[nH]c2c1. The summed E-state index contributed by atoms with van der Waals surface area (Å²) in [5.41, 5.74) is 3.15. The maximum Gasteiger partial charge on any atom is 0.323 e. The molecule has 0 saturated heterocycles. The van der Waals surface area contributed by atoms with Gasteiger partial charge in [0.25, 0.3) is 0 Å². The van der Waals surface area contributed by atoms with Crippen LogP contribution in [0.5, 0.6) is 0 Å². The molecule has 3 rings (SSSR count). The smallest absolute Gasteiger partial charge is 0.323 e. The first-order valence-electron chi connectivity index (χ1n) is 6.32. The predicted octanol–water partition coefficient (Wildman–Crippen LogP) is 3.84. The van der Waals surface area contributed by atoms with E-state index in [1.807, 2.05) is 31.2 Å². The minimum atomic E-state index is -0.206. The molecule has 7 heteroatoms. The second-order valence-corrected chi connectivity index (χ2v) is 6.02. The van der Waals surface area contributed by atoms with Crippen LogP contribution in [0.1, 0.15) is 18.5 Å². The van der Waals surface area contributed by atoms with Crippen LogP contribution in [0.3, 0.4) is 0 Å². The Kier molecular flexibility index (Phi) is 3.73. The molecule has 0 saturated carbocycles. The van der Waals surface area contributed by atoms with Gasteiger partial charge in [0, 0.05) is 16.7 Å². The lowest BCUT2D eigenvalue weighted by Crippen LogP contribution is -2.07. The van der Waals surface area contributed by atoms with E-state index in [1.165, 1.54) is 0 Å². The summed E-state index contributed by atoms with van der Waals surface area (Å²) in [5, 5.41) is 3.73. The van der Waals surface area contributed by atoms with E-state index in [-0.39, 0.29) is 11.7 Å². The summed E-state index contributed by atoms with van der Waals surface area (Å²) >= 11 is 9.45. The number of H-pyrrole nitrogens is 2. The Labute approximate surface area is 133 Å². The number of nitrogens with one attached hydrogen (secondary N) is 3. The van der Waals surface area contributed by atoms with Gasteiger partial charge in [0.2, 0.25) is 0 Å². The first kappa shape index (κ1) is 14.2. The second-order valence-electron chi connectivity index (χ2n) is 4.74. The molecule has 2 heterocycles. The number of benzene rings is 1. The molecule has 0 aliphatic carbocycles. The standard InChI is InChI=1S/C14H12BrClN4O/c1-7(18-12-5-9(15)6-17-13(12)16)8-2-3-10-11(4-8)20-14(21)19-10/h2-7,18H,1H3,(H2,19,20,21). The van der Waals surface area contributed by atoms with E-state index in [1.54, 1.807) is 6.20 Å². The number of aromatic nitrogens is 3. The molecule has 1 unspecified atom stereocenters. The molecular formula is C14H12BrClN4O. The summed E-state index contributed by atoms with van der Waals surface area (Å²) in [6.07, 6.45) is 1.65. The van der Waals surface area contributed by atoms with Crippen molar-refractivity contribution in [2.75, 3.05) is 5.32 Å². The Balaban J connectivity index is 1.90. The number of hydrogen-bond acceptors (Lipinski definition) is 3. The molecule has 0 aliphatic heterocycles.